The van der Waals surface area contributed by atoms with E-state index >= 15 is 0 Å². The van der Waals surface area contributed by atoms with Crippen molar-refractivity contribution in [2.75, 3.05) is 13.1 Å². The summed E-state index contributed by atoms with van der Waals surface area (Å²) in [5.74, 6) is 0. The van der Waals surface area contributed by atoms with Gasteiger partial charge in [-0.3, -0.25) is 0 Å². The molecule has 1 rings (SSSR count). The van der Waals surface area contributed by atoms with Crippen molar-refractivity contribution in [1.82, 2.24) is 4.90 Å². The molecule has 0 unspecified atom stereocenters. The Bertz CT molecular complexity index is 260. The summed E-state index contributed by atoms with van der Waals surface area (Å²) in [6, 6.07) is 0. The predicted molar refractivity (Wildman–Crippen MR) is 64.3 cm³/mol. The summed E-state index contributed by atoms with van der Waals surface area (Å²) >= 11 is 0. The smallest absolute Gasteiger partial charge is 0.410 e. The highest BCUT2D eigenvalue weighted by Gasteiger charge is 2.38. The van der Waals surface area contributed by atoms with Crippen LogP contribution in [0.25, 0.3) is 0 Å². The molecule has 1 fully saturated rings. The highest BCUT2D eigenvalue weighted by atomic mass is 16.6. The molecule has 0 saturated carbocycles. The molecule has 16 heavy (non-hydrogen) atoms. The number of nitrogens with two attached hydrogens (primary N) is 1. The van der Waals surface area contributed by atoms with E-state index in [4.69, 9.17) is 10.5 Å². The number of carbonyl (C=O) groups is 1. The van der Waals surface area contributed by atoms with Gasteiger partial charge in [0.15, 0.2) is 0 Å². The summed E-state index contributed by atoms with van der Waals surface area (Å²) < 4.78 is 5.41. The minimum absolute atomic E-state index is 0.236. The van der Waals surface area contributed by atoms with Crippen molar-refractivity contribution >= 4 is 6.09 Å². The maximum absolute atomic E-state index is 12.0. The number of rotatable bonds is 1. The Labute approximate surface area is 98.1 Å². The Morgan fingerprint density at radius 3 is 2.56 bits per heavy atom. The maximum Gasteiger partial charge on any atom is 0.410 e. The van der Waals surface area contributed by atoms with Gasteiger partial charge in [0.2, 0.25) is 0 Å². The van der Waals surface area contributed by atoms with Crippen molar-refractivity contribution in [2.24, 2.45) is 5.73 Å². The molecule has 1 aliphatic rings. The zero-order valence-corrected chi connectivity index (χ0v) is 10.9. The van der Waals surface area contributed by atoms with Crippen LogP contribution >= 0.6 is 0 Å². The lowest BCUT2D eigenvalue weighted by molar-refractivity contribution is -0.00879. The monoisotopic (exact) mass is 228 g/mol. The molecule has 1 aliphatic heterocycles. The van der Waals surface area contributed by atoms with E-state index in [1.807, 2.05) is 27.7 Å². The van der Waals surface area contributed by atoms with Crippen LogP contribution in [0, 0.1) is 0 Å². The van der Waals surface area contributed by atoms with Crippen LogP contribution in [0.4, 0.5) is 4.79 Å². The standard InChI is InChI=1S/C12H24N2O2/c1-11(2,3)16-10(15)14-8-6-5-7-12(14,4)9-13/h5-9,13H2,1-4H3/t12-/m1/s1. The van der Waals surface area contributed by atoms with Gasteiger partial charge in [-0.1, -0.05) is 0 Å². The zero-order chi connectivity index (χ0) is 12.4. The Morgan fingerprint density at radius 1 is 1.44 bits per heavy atom. The molecule has 0 spiro atoms. The largest absolute Gasteiger partial charge is 0.444 e. The Balaban J connectivity index is 2.72. The first kappa shape index (κ1) is 13.3. The molecule has 4 nitrogen and oxygen atoms in total. The lowest BCUT2D eigenvalue weighted by Gasteiger charge is -2.44. The van der Waals surface area contributed by atoms with Crippen LogP contribution in [0.5, 0.6) is 0 Å². The fourth-order valence-corrected chi connectivity index (χ4v) is 2.02. The van der Waals surface area contributed by atoms with E-state index in [1.165, 1.54) is 0 Å². The van der Waals surface area contributed by atoms with Gasteiger partial charge in [0.1, 0.15) is 5.60 Å². The first-order valence-corrected chi connectivity index (χ1v) is 5.99. The SMILES string of the molecule is CC(C)(C)OC(=O)N1CCCC[C@]1(C)CN. The molecule has 0 aromatic heterocycles. The van der Waals surface area contributed by atoms with Gasteiger partial charge in [-0.15, -0.1) is 0 Å². The fraction of sp³-hybridized carbons (Fsp3) is 0.917. The molecule has 4 heteroatoms. The number of hydrogen-bond acceptors (Lipinski definition) is 3. The summed E-state index contributed by atoms with van der Waals surface area (Å²) in [5.41, 5.74) is 5.10. The summed E-state index contributed by atoms with van der Waals surface area (Å²) in [5, 5.41) is 0. The molecule has 2 N–H and O–H groups in total. The molecule has 1 amide bonds. The van der Waals surface area contributed by atoms with Crippen molar-refractivity contribution in [1.29, 1.82) is 0 Å². The van der Waals surface area contributed by atoms with Crippen LogP contribution in [0.1, 0.15) is 47.0 Å². The van der Waals surface area contributed by atoms with Gasteiger partial charge in [0.05, 0.1) is 5.54 Å². The summed E-state index contributed by atoms with van der Waals surface area (Å²) in [4.78, 5) is 13.8. The second kappa shape index (κ2) is 4.62. The Kier molecular flexibility index (Phi) is 3.84. The summed E-state index contributed by atoms with van der Waals surface area (Å²) in [6.07, 6.45) is 2.89. The van der Waals surface area contributed by atoms with Crippen molar-refractivity contribution in [3.05, 3.63) is 0 Å². The molecule has 0 bridgehead atoms. The highest BCUT2D eigenvalue weighted by Crippen LogP contribution is 2.28. The number of carbonyl (C=O) groups excluding carboxylic acids is 1. The molecule has 1 atom stereocenters. The van der Waals surface area contributed by atoms with Gasteiger partial charge >= 0.3 is 6.09 Å². The molecular formula is C12H24N2O2. The second-order valence-corrected chi connectivity index (χ2v) is 5.79. The Morgan fingerprint density at radius 2 is 2.06 bits per heavy atom. The molecule has 0 aromatic carbocycles. The van der Waals surface area contributed by atoms with E-state index in [9.17, 15) is 4.79 Å². The van der Waals surface area contributed by atoms with Crippen LogP contribution < -0.4 is 5.73 Å². The van der Waals surface area contributed by atoms with Gasteiger partial charge in [-0.2, -0.15) is 0 Å². The van der Waals surface area contributed by atoms with Gasteiger partial charge < -0.3 is 15.4 Å². The molecule has 1 heterocycles. The topological polar surface area (TPSA) is 55.6 Å². The van der Waals surface area contributed by atoms with E-state index in [2.05, 4.69) is 0 Å². The lowest BCUT2D eigenvalue weighted by Crippen LogP contribution is -2.57. The van der Waals surface area contributed by atoms with Crippen molar-refractivity contribution < 1.29 is 9.53 Å². The summed E-state index contributed by atoms with van der Waals surface area (Å²) in [7, 11) is 0. The van der Waals surface area contributed by atoms with E-state index in [0.29, 0.717) is 6.54 Å². The molecule has 0 aromatic rings. The third-order valence-corrected chi connectivity index (χ3v) is 3.05. The van der Waals surface area contributed by atoms with Crippen molar-refractivity contribution in [2.45, 2.75) is 58.1 Å². The minimum atomic E-state index is -0.440. The number of nitrogens with zero attached hydrogens (tertiary/aromatic N) is 1. The second-order valence-electron chi connectivity index (χ2n) is 5.79. The number of hydrogen-bond donors (Lipinski definition) is 1. The van der Waals surface area contributed by atoms with Crippen molar-refractivity contribution in [3.8, 4) is 0 Å². The molecule has 0 aliphatic carbocycles. The lowest BCUT2D eigenvalue weighted by atomic mass is 9.89. The van der Waals surface area contributed by atoms with Crippen LogP contribution in [-0.4, -0.2) is 35.2 Å². The van der Waals surface area contributed by atoms with Crippen LogP contribution in [0.15, 0.2) is 0 Å². The molecule has 0 radical (unpaired) electrons. The third kappa shape index (κ3) is 3.11. The van der Waals surface area contributed by atoms with Crippen LogP contribution in [0.3, 0.4) is 0 Å². The van der Waals surface area contributed by atoms with Crippen LogP contribution in [0.2, 0.25) is 0 Å². The molecule has 94 valence electrons. The third-order valence-electron chi connectivity index (χ3n) is 3.05. The van der Waals surface area contributed by atoms with Gasteiger partial charge in [-0.05, 0) is 47.0 Å². The van der Waals surface area contributed by atoms with E-state index < -0.39 is 5.60 Å². The maximum atomic E-state index is 12.0. The normalized spacial score (nSPS) is 26.7. The van der Waals surface area contributed by atoms with Gasteiger partial charge in [0.25, 0.3) is 0 Å². The van der Waals surface area contributed by atoms with E-state index in [1.54, 1.807) is 4.90 Å². The average molecular weight is 228 g/mol. The number of ether oxygens (including phenoxy) is 1. The quantitative estimate of drug-likeness (QED) is 0.748. The van der Waals surface area contributed by atoms with Crippen LogP contribution in [-0.2, 0) is 4.74 Å². The number of likely N-dealkylation sites (tertiary alicyclic amines) is 1. The molecular weight excluding hydrogens is 204 g/mol. The highest BCUT2D eigenvalue weighted by molar-refractivity contribution is 5.69. The predicted octanol–water partition coefficient (Wildman–Crippen LogP) is 2.12. The molecule has 1 saturated heterocycles. The summed E-state index contributed by atoms with van der Waals surface area (Å²) in [6.45, 7) is 8.93. The number of piperidine rings is 1. The van der Waals surface area contributed by atoms with Crippen molar-refractivity contribution in [3.63, 3.8) is 0 Å². The Hall–Kier alpha value is -0.770. The van der Waals surface area contributed by atoms with E-state index in [-0.39, 0.29) is 11.6 Å². The zero-order valence-electron chi connectivity index (χ0n) is 10.9. The first-order valence-electron chi connectivity index (χ1n) is 5.99. The average Bonchev–Trinajstić information content (AvgIpc) is 2.15. The van der Waals surface area contributed by atoms with E-state index in [0.717, 1.165) is 25.8 Å². The van der Waals surface area contributed by atoms with Gasteiger partial charge in [0, 0.05) is 13.1 Å². The number of amides is 1. The minimum Gasteiger partial charge on any atom is -0.444 e. The first-order chi connectivity index (χ1) is 7.28. The fourth-order valence-electron chi connectivity index (χ4n) is 2.02. The van der Waals surface area contributed by atoms with Gasteiger partial charge in [-0.25, -0.2) is 4.79 Å².